The minimum absolute atomic E-state index is 0.0479. The summed E-state index contributed by atoms with van der Waals surface area (Å²) in [5.41, 5.74) is 0.820. The van der Waals surface area contributed by atoms with Crippen LogP contribution < -0.4 is 9.62 Å². The van der Waals surface area contributed by atoms with Crippen LogP contribution in [0.25, 0.3) is 0 Å². The molecule has 5 heteroatoms. The molecule has 4 rings (SSSR count). The van der Waals surface area contributed by atoms with E-state index in [9.17, 15) is 8.42 Å². The Bertz CT molecular complexity index is 651. The molecule has 0 aromatic heterocycles. The molecule has 4 nitrogen and oxygen atoms in total. The summed E-state index contributed by atoms with van der Waals surface area (Å²) in [6, 6.07) is 9.67. The molecule has 2 N–H and O–H groups in total. The second-order valence-corrected chi connectivity index (χ2v) is 8.27. The highest BCUT2D eigenvalue weighted by molar-refractivity contribution is 7.88. The summed E-state index contributed by atoms with van der Waals surface area (Å²) >= 11 is 0. The molecule has 0 spiro atoms. The molecule has 3 saturated heterocycles. The number of fused-ring (bicyclic) bond motifs is 3. The van der Waals surface area contributed by atoms with E-state index in [0.29, 0.717) is 24.4 Å². The molecular weight excluding hydrogens is 296 g/mol. The number of rotatable bonds is 5. The van der Waals surface area contributed by atoms with Crippen molar-refractivity contribution in [2.75, 3.05) is 19.6 Å². The highest BCUT2D eigenvalue weighted by Gasteiger charge is 2.42. The maximum absolute atomic E-state index is 12.2. The summed E-state index contributed by atoms with van der Waals surface area (Å²) in [4.78, 5) is 1.47. The van der Waals surface area contributed by atoms with Gasteiger partial charge in [0, 0.05) is 12.8 Å². The van der Waals surface area contributed by atoms with Gasteiger partial charge in [-0.1, -0.05) is 36.3 Å². The average Bonchev–Trinajstić information content (AvgIpc) is 2.54. The molecule has 2 bridgehead atoms. The number of hydrogen-bond donors (Lipinski definition) is 2. The smallest absolute Gasteiger partial charge is 0.215 e. The predicted octanol–water partition coefficient (Wildman–Crippen LogP) is 0.0325. The summed E-state index contributed by atoms with van der Waals surface area (Å²) in [5, 5.41) is 0. The van der Waals surface area contributed by atoms with Crippen molar-refractivity contribution in [2.45, 2.75) is 24.6 Å². The summed E-state index contributed by atoms with van der Waals surface area (Å²) in [6.07, 6.45) is 7.81. The zero-order valence-electron chi connectivity index (χ0n) is 12.7. The van der Waals surface area contributed by atoms with Gasteiger partial charge in [-0.2, -0.15) is 0 Å². The quantitative estimate of drug-likeness (QED) is 0.753. The third-order valence-electron chi connectivity index (χ3n) is 5.02. The van der Waals surface area contributed by atoms with Crippen LogP contribution in [-0.4, -0.2) is 34.1 Å². The maximum Gasteiger partial charge on any atom is 0.215 e. The standard InChI is InChI=1S/C17H22N2O2S/c1-2-15-12-19-9-8-16(15)10-17(19)11-18-22(20,21)13-14-6-4-3-5-7-14/h1,3-7,15-18H,8-13H2/p+1/t15-,16-,17+/m0/s1. The number of hydrogen-bond acceptors (Lipinski definition) is 2. The number of nitrogens with one attached hydrogen (secondary N) is 2. The zero-order valence-corrected chi connectivity index (χ0v) is 13.5. The zero-order chi connectivity index (χ0) is 15.6. The first-order valence-electron chi connectivity index (χ1n) is 7.89. The third-order valence-corrected chi connectivity index (χ3v) is 6.34. The number of terminal acetylenes is 1. The van der Waals surface area contributed by atoms with Gasteiger partial charge >= 0.3 is 0 Å². The fourth-order valence-electron chi connectivity index (χ4n) is 3.80. The molecule has 3 fully saturated rings. The van der Waals surface area contributed by atoms with Crippen molar-refractivity contribution in [3.63, 3.8) is 0 Å². The SMILES string of the molecule is C#C[C@H]1C[NH+]2CC[C@H]1C[C@@H]2CNS(=O)(=O)Cc1ccccc1. The van der Waals surface area contributed by atoms with E-state index in [0.717, 1.165) is 25.1 Å². The minimum atomic E-state index is -3.27. The molecule has 22 heavy (non-hydrogen) atoms. The van der Waals surface area contributed by atoms with E-state index in [1.165, 1.54) is 11.3 Å². The van der Waals surface area contributed by atoms with Crippen molar-refractivity contribution in [3.8, 4) is 12.3 Å². The second-order valence-electron chi connectivity index (χ2n) is 6.46. The van der Waals surface area contributed by atoms with Crippen LogP contribution in [0, 0.1) is 24.2 Å². The van der Waals surface area contributed by atoms with Gasteiger partial charge in [0.2, 0.25) is 10.0 Å². The molecule has 4 atom stereocenters. The first kappa shape index (κ1) is 15.5. The molecule has 0 amide bonds. The molecule has 0 radical (unpaired) electrons. The molecule has 3 heterocycles. The Balaban J connectivity index is 1.56. The topological polar surface area (TPSA) is 50.6 Å². The van der Waals surface area contributed by atoms with Gasteiger partial charge in [0.05, 0.1) is 31.3 Å². The fourth-order valence-corrected chi connectivity index (χ4v) is 4.99. The maximum atomic E-state index is 12.2. The van der Waals surface area contributed by atoms with E-state index in [1.54, 1.807) is 0 Å². The lowest BCUT2D eigenvalue weighted by atomic mass is 9.76. The highest BCUT2D eigenvalue weighted by Crippen LogP contribution is 2.26. The Morgan fingerprint density at radius 1 is 1.32 bits per heavy atom. The summed E-state index contributed by atoms with van der Waals surface area (Å²) < 4.78 is 27.2. The first-order valence-corrected chi connectivity index (χ1v) is 9.54. The van der Waals surface area contributed by atoms with E-state index >= 15 is 0 Å². The van der Waals surface area contributed by atoms with Crippen LogP contribution in [0.15, 0.2) is 30.3 Å². The van der Waals surface area contributed by atoms with Gasteiger partial charge in [0.25, 0.3) is 0 Å². The summed E-state index contributed by atoms with van der Waals surface area (Å²) in [7, 11) is -3.27. The average molecular weight is 319 g/mol. The van der Waals surface area contributed by atoms with Gasteiger partial charge in [-0.25, -0.2) is 13.1 Å². The highest BCUT2D eigenvalue weighted by atomic mass is 32.2. The predicted molar refractivity (Wildman–Crippen MR) is 86.6 cm³/mol. The Morgan fingerprint density at radius 2 is 2.09 bits per heavy atom. The first-order chi connectivity index (χ1) is 10.6. The van der Waals surface area contributed by atoms with Crippen LogP contribution in [-0.2, 0) is 15.8 Å². The largest absolute Gasteiger partial charge is 0.330 e. The molecule has 3 aliphatic rings. The van der Waals surface area contributed by atoms with Crippen molar-refractivity contribution >= 4 is 10.0 Å². The van der Waals surface area contributed by atoms with Crippen molar-refractivity contribution in [2.24, 2.45) is 11.8 Å². The molecule has 1 unspecified atom stereocenters. The van der Waals surface area contributed by atoms with Crippen molar-refractivity contribution in [3.05, 3.63) is 35.9 Å². The van der Waals surface area contributed by atoms with E-state index in [4.69, 9.17) is 6.42 Å². The lowest BCUT2D eigenvalue weighted by molar-refractivity contribution is -0.943. The molecule has 3 aliphatic heterocycles. The molecular formula is C17H23N2O2S+. The van der Waals surface area contributed by atoms with E-state index in [2.05, 4.69) is 10.6 Å². The van der Waals surface area contributed by atoms with Crippen molar-refractivity contribution in [1.82, 2.24) is 4.72 Å². The van der Waals surface area contributed by atoms with E-state index in [-0.39, 0.29) is 5.75 Å². The Hall–Kier alpha value is -1.35. The minimum Gasteiger partial charge on any atom is -0.330 e. The van der Waals surface area contributed by atoms with E-state index in [1.807, 2.05) is 30.3 Å². The molecule has 0 aliphatic carbocycles. The number of quaternary nitrogens is 1. The second kappa shape index (κ2) is 6.41. The number of sulfonamides is 1. The van der Waals surface area contributed by atoms with Crippen LogP contribution in [0.1, 0.15) is 18.4 Å². The lowest BCUT2D eigenvalue weighted by Crippen LogP contribution is -3.20. The molecule has 118 valence electrons. The van der Waals surface area contributed by atoms with Crippen molar-refractivity contribution < 1.29 is 13.3 Å². The Labute approximate surface area is 133 Å². The lowest BCUT2D eigenvalue weighted by Gasteiger charge is -2.45. The monoisotopic (exact) mass is 319 g/mol. The number of piperidine rings is 3. The van der Waals surface area contributed by atoms with Gasteiger partial charge in [0.1, 0.15) is 6.04 Å². The van der Waals surface area contributed by atoms with Crippen molar-refractivity contribution in [1.29, 1.82) is 0 Å². The Morgan fingerprint density at radius 3 is 2.73 bits per heavy atom. The van der Waals surface area contributed by atoms with Gasteiger partial charge in [-0.15, -0.1) is 6.42 Å². The van der Waals surface area contributed by atoms with Crippen LogP contribution in [0.3, 0.4) is 0 Å². The summed E-state index contributed by atoms with van der Waals surface area (Å²) in [5.74, 6) is 3.90. The molecule has 1 aromatic carbocycles. The van der Waals surface area contributed by atoms with Gasteiger partial charge in [-0.05, 0) is 11.5 Å². The van der Waals surface area contributed by atoms with Gasteiger partial charge in [0.15, 0.2) is 0 Å². The molecule has 1 aromatic rings. The summed E-state index contributed by atoms with van der Waals surface area (Å²) in [6.45, 7) is 2.64. The van der Waals surface area contributed by atoms with Gasteiger partial charge < -0.3 is 4.90 Å². The number of benzene rings is 1. The van der Waals surface area contributed by atoms with Gasteiger partial charge in [-0.3, -0.25) is 0 Å². The molecule has 0 saturated carbocycles. The van der Waals surface area contributed by atoms with Crippen LogP contribution in [0.4, 0.5) is 0 Å². The fraction of sp³-hybridized carbons (Fsp3) is 0.529. The van der Waals surface area contributed by atoms with Crippen LogP contribution in [0.2, 0.25) is 0 Å². The van der Waals surface area contributed by atoms with Crippen LogP contribution >= 0.6 is 0 Å². The van der Waals surface area contributed by atoms with Crippen LogP contribution in [0.5, 0.6) is 0 Å². The Kier molecular flexibility index (Phi) is 4.53. The third kappa shape index (κ3) is 3.52. The van der Waals surface area contributed by atoms with E-state index < -0.39 is 10.0 Å². The normalized spacial score (nSPS) is 30.9.